The highest BCUT2D eigenvalue weighted by molar-refractivity contribution is 6.21. The first-order valence-corrected chi connectivity index (χ1v) is 12.0. The molecule has 0 unspecified atom stereocenters. The molecule has 3 atom stereocenters. The maximum Gasteiger partial charge on any atom is 0.261 e. The number of aromatic nitrogens is 1. The Hall–Kier alpha value is -2.92. The molecule has 0 spiro atoms. The number of rotatable bonds is 2. The van der Waals surface area contributed by atoms with Crippen molar-refractivity contribution in [2.24, 2.45) is 5.92 Å². The third-order valence-electron chi connectivity index (χ3n) is 8.07. The van der Waals surface area contributed by atoms with Gasteiger partial charge in [-0.15, -0.1) is 0 Å². The van der Waals surface area contributed by atoms with Gasteiger partial charge in [-0.1, -0.05) is 39.0 Å². The largest absolute Gasteiger partial charge is 0.361 e. The second-order valence-electron chi connectivity index (χ2n) is 11.2. The van der Waals surface area contributed by atoms with Crippen molar-refractivity contribution in [1.82, 2.24) is 14.8 Å². The smallest absolute Gasteiger partial charge is 0.261 e. The van der Waals surface area contributed by atoms with Crippen LogP contribution in [0.15, 0.2) is 42.6 Å². The first kappa shape index (κ1) is 20.7. The second kappa shape index (κ2) is 7.04. The van der Waals surface area contributed by atoms with Crippen molar-refractivity contribution in [3.8, 4) is 0 Å². The van der Waals surface area contributed by atoms with Crippen molar-refractivity contribution in [2.45, 2.75) is 51.0 Å². The molecule has 1 saturated heterocycles. The average molecular weight is 442 g/mol. The van der Waals surface area contributed by atoms with Crippen LogP contribution in [0.25, 0.3) is 10.9 Å². The molecule has 2 amide bonds. The quantitative estimate of drug-likeness (QED) is 0.586. The molecule has 5 nitrogen and oxygen atoms in total. The van der Waals surface area contributed by atoms with Crippen LogP contribution < -0.4 is 0 Å². The van der Waals surface area contributed by atoms with Gasteiger partial charge in [0.2, 0.25) is 0 Å². The number of H-pyrrole nitrogens is 1. The molecule has 6 rings (SSSR count). The average Bonchev–Trinajstić information content (AvgIpc) is 3.29. The molecule has 0 radical (unpaired) electrons. The Bertz CT molecular complexity index is 1260. The molecule has 1 fully saturated rings. The lowest BCUT2D eigenvalue weighted by atomic mass is 9.71. The van der Waals surface area contributed by atoms with E-state index < -0.39 is 0 Å². The lowest BCUT2D eigenvalue weighted by Crippen LogP contribution is -2.50. The van der Waals surface area contributed by atoms with Gasteiger partial charge in [0.25, 0.3) is 11.8 Å². The van der Waals surface area contributed by atoms with Gasteiger partial charge >= 0.3 is 0 Å². The summed E-state index contributed by atoms with van der Waals surface area (Å²) in [6.07, 6.45) is 4.23. The number of aromatic amines is 1. The van der Waals surface area contributed by atoms with Crippen LogP contribution in [-0.4, -0.2) is 52.8 Å². The summed E-state index contributed by atoms with van der Waals surface area (Å²) in [5.41, 5.74) is 6.58. The van der Waals surface area contributed by atoms with Gasteiger partial charge < -0.3 is 9.88 Å². The monoisotopic (exact) mass is 441 g/mol. The van der Waals surface area contributed by atoms with E-state index in [1.807, 2.05) is 12.1 Å². The molecule has 33 heavy (non-hydrogen) atoms. The van der Waals surface area contributed by atoms with E-state index in [0.717, 1.165) is 19.4 Å². The van der Waals surface area contributed by atoms with Gasteiger partial charge in [0, 0.05) is 42.1 Å². The summed E-state index contributed by atoms with van der Waals surface area (Å²) in [4.78, 5) is 33.4. The number of nitrogens with one attached hydrogen (secondary N) is 1. The molecule has 1 aliphatic carbocycles. The van der Waals surface area contributed by atoms with E-state index in [4.69, 9.17) is 0 Å². The summed E-state index contributed by atoms with van der Waals surface area (Å²) >= 11 is 0. The summed E-state index contributed by atoms with van der Waals surface area (Å²) in [6, 6.07) is 12.4. The Morgan fingerprint density at radius 3 is 2.42 bits per heavy atom. The first-order valence-electron chi connectivity index (χ1n) is 12.0. The number of amides is 2. The van der Waals surface area contributed by atoms with Crippen molar-refractivity contribution in [3.63, 3.8) is 0 Å². The van der Waals surface area contributed by atoms with Gasteiger partial charge in [-0.05, 0) is 66.1 Å². The molecule has 2 aromatic carbocycles. The molecule has 1 aromatic heterocycles. The summed E-state index contributed by atoms with van der Waals surface area (Å²) in [7, 11) is 2.20. The number of imide groups is 1. The second-order valence-corrected chi connectivity index (χ2v) is 11.2. The van der Waals surface area contributed by atoms with E-state index in [2.05, 4.69) is 56.0 Å². The van der Waals surface area contributed by atoms with Crippen molar-refractivity contribution in [2.75, 3.05) is 20.1 Å². The van der Waals surface area contributed by atoms with Crippen LogP contribution in [0.5, 0.6) is 0 Å². The minimum atomic E-state index is -0.144. The van der Waals surface area contributed by atoms with Crippen LogP contribution in [0.4, 0.5) is 0 Å². The van der Waals surface area contributed by atoms with E-state index in [9.17, 15) is 9.59 Å². The Balaban J connectivity index is 1.34. The van der Waals surface area contributed by atoms with E-state index >= 15 is 0 Å². The van der Waals surface area contributed by atoms with Gasteiger partial charge in [-0.3, -0.25) is 14.5 Å². The zero-order valence-corrected chi connectivity index (χ0v) is 19.8. The van der Waals surface area contributed by atoms with Crippen LogP contribution in [-0.2, 0) is 11.8 Å². The van der Waals surface area contributed by atoms with Crippen LogP contribution >= 0.6 is 0 Å². The van der Waals surface area contributed by atoms with Crippen LogP contribution in [0.1, 0.15) is 70.5 Å². The number of carbonyl (C=O) groups is 2. The summed E-state index contributed by atoms with van der Waals surface area (Å²) in [5.74, 6) is 0.368. The summed E-state index contributed by atoms with van der Waals surface area (Å²) < 4.78 is 0. The van der Waals surface area contributed by atoms with Gasteiger partial charge in [-0.25, -0.2) is 0 Å². The fourth-order valence-corrected chi connectivity index (χ4v) is 6.35. The van der Waals surface area contributed by atoms with Crippen molar-refractivity contribution < 1.29 is 9.59 Å². The molecule has 3 heterocycles. The normalized spacial score (nSPS) is 25.0. The van der Waals surface area contributed by atoms with E-state index in [1.54, 1.807) is 12.1 Å². The number of benzene rings is 2. The van der Waals surface area contributed by atoms with Crippen LogP contribution in [0.2, 0.25) is 0 Å². The number of hydrogen-bond donors (Lipinski definition) is 1. The molecule has 3 aliphatic rings. The number of nitrogens with zero attached hydrogens (tertiary/aromatic N) is 2. The maximum absolute atomic E-state index is 13.0. The predicted octanol–water partition coefficient (Wildman–Crippen LogP) is 4.72. The number of likely N-dealkylation sites (N-methyl/N-ethyl adjacent to an activating group) is 1. The van der Waals surface area contributed by atoms with Gasteiger partial charge in [-0.2, -0.15) is 0 Å². The summed E-state index contributed by atoms with van der Waals surface area (Å²) in [5, 5.41) is 1.39. The molecule has 170 valence electrons. The highest BCUT2D eigenvalue weighted by Gasteiger charge is 2.43. The van der Waals surface area contributed by atoms with Gasteiger partial charge in [0.05, 0.1) is 11.1 Å². The Morgan fingerprint density at radius 1 is 1.06 bits per heavy atom. The Labute approximate surface area is 194 Å². The lowest BCUT2D eigenvalue weighted by molar-refractivity contribution is 0.0539. The Morgan fingerprint density at radius 2 is 1.76 bits per heavy atom. The molecular weight excluding hydrogens is 410 g/mol. The zero-order valence-electron chi connectivity index (χ0n) is 19.8. The fourth-order valence-electron chi connectivity index (χ4n) is 6.35. The van der Waals surface area contributed by atoms with Crippen LogP contribution in [0, 0.1) is 5.92 Å². The molecule has 5 heteroatoms. The molecule has 3 aromatic rings. The number of hydrogen-bond acceptors (Lipinski definition) is 3. The van der Waals surface area contributed by atoms with E-state index in [0.29, 0.717) is 29.6 Å². The SMILES string of the molecule is CN1C[C@H](CN2C(=O)c3ccccc3C2=O)C[C@@H]2c3cc(C(C)(C)C)cc4[nH]cc(c34)C[C@H]21. The Kier molecular flexibility index (Phi) is 4.41. The maximum atomic E-state index is 13.0. The molecular formula is C28H31N3O2. The van der Waals surface area contributed by atoms with Crippen molar-refractivity contribution in [3.05, 3.63) is 70.4 Å². The van der Waals surface area contributed by atoms with Gasteiger partial charge in [0.1, 0.15) is 0 Å². The third kappa shape index (κ3) is 3.09. The lowest BCUT2D eigenvalue weighted by Gasteiger charge is -2.46. The zero-order chi connectivity index (χ0) is 23.1. The number of likely N-dealkylation sites (tertiary alicyclic amines) is 1. The van der Waals surface area contributed by atoms with Gasteiger partial charge in [0.15, 0.2) is 0 Å². The topological polar surface area (TPSA) is 56.4 Å². The van der Waals surface area contributed by atoms with Crippen molar-refractivity contribution >= 4 is 22.7 Å². The number of fused-ring (bicyclic) bond motifs is 3. The minimum absolute atomic E-state index is 0.0725. The molecule has 1 N–H and O–H groups in total. The van der Waals surface area contributed by atoms with Crippen LogP contribution in [0.3, 0.4) is 0 Å². The predicted molar refractivity (Wildman–Crippen MR) is 130 cm³/mol. The molecule has 2 aliphatic heterocycles. The van der Waals surface area contributed by atoms with Crippen molar-refractivity contribution in [1.29, 1.82) is 0 Å². The third-order valence-corrected chi connectivity index (χ3v) is 8.07. The fraction of sp³-hybridized carbons (Fsp3) is 0.429. The van der Waals surface area contributed by atoms with E-state index in [1.165, 1.54) is 32.5 Å². The number of piperidine rings is 1. The standard InChI is InChI=1S/C28H31N3O2/c1-28(2,3)18-11-22-21-9-16(15-31-26(32)19-7-5-6-8-20(19)27(31)33)14-30(4)24(21)10-17-13-29-23(12-18)25(17)22/h5-8,11-13,16,21,24,29H,9-10,14-15H2,1-4H3/t16-,21-,24-/m1/s1. The highest BCUT2D eigenvalue weighted by Crippen LogP contribution is 2.46. The highest BCUT2D eigenvalue weighted by atomic mass is 16.2. The first-order chi connectivity index (χ1) is 15.7. The summed E-state index contributed by atoms with van der Waals surface area (Å²) in [6.45, 7) is 8.19. The molecule has 0 bridgehead atoms. The number of carbonyl (C=O) groups excluding carboxylic acids is 2. The van der Waals surface area contributed by atoms with E-state index in [-0.39, 0.29) is 23.1 Å². The minimum Gasteiger partial charge on any atom is -0.361 e. The molecule has 0 saturated carbocycles.